The maximum Gasteiger partial charge on any atom is 0.312 e. The van der Waals surface area contributed by atoms with Crippen LogP contribution in [0.15, 0.2) is 11.6 Å². The molecule has 6 unspecified atom stereocenters. The van der Waals surface area contributed by atoms with Gasteiger partial charge in [-0.25, -0.2) is 0 Å². The average Bonchev–Trinajstić information content (AvgIpc) is 3.22. The first kappa shape index (κ1) is 19.3. The quantitative estimate of drug-likeness (QED) is 0.492. The summed E-state index contributed by atoms with van der Waals surface area (Å²) in [7, 11) is 1.46. The van der Waals surface area contributed by atoms with Crippen LogP contribution in [0.4, 0.5) is 0 Å². The first-order valence-electron chi connectivity index (χ1n) is 11.3. The zero-order valence-corrected chi connectivity index (χ0v) is 17.8. The number of rotatable bonds is 1. The normalized spacial score (nSPS) is 48.4. The second kappa shape index (κ2) is 6.18. The van der Waals surface area contributed by atoms with Crippen LogP contribution in [0.5, 0.6) is 0 Å². The van der Waals surface area contributed by atoms with Crippen molar-refractivity contribution in [1.82, 2.24) is 0 Å². The highest BCUT2D eigenvalue weighted by Crippen LogP contribution is 2.70. The van der Waals surface area contributed by atoms with Crippen LogP contribution in [0.25, 0.3) is 0 Å². The zero-order chi connectivity index (χ0) is 20.6. The molecule has 4 fully saturated rings. The lowest BCUT2D eigenvalue weighted by Gasteiger charge is -2.59. The molecule has 1 heterocycles. The molecule has 158 valence electrons. The summed E-state index contributed by atoms with van der Waals surface area (Å²) in [5, 5.41) is 0. The monoisotopic (exact) mass is 400 g/mol. The molecule has 3 saturated carbocycles. The molecule has 0 aromatic rings. The smallest absolute Gasteiger partial charge is 0.312 e. The van der Waals surface area contributed by atoms with Gasteiger partial charge in [0.15, 0.2) is 0 Å². The van der Waals surface area contributed by atoms with E-state index >= 15 is 0 Å². The number of fused-ring (bicyclic) bond motifs is 6. The molecule has 0 bridgehead atoms. The molecule has 5 heteroatoms. The van der Waals surface area contributed by atoms with Gasteiger partial charge in [-0.3, -0.25) is 14.4 Å². The van der Waals surface area contributed by atoms with E-state index in [1.807, 2.05) is 0 Å². The Kier molecular flexibility index (Phi) is 4.12. The van der Waals surface area contributed by atoms with Crippen molar-refractivity contribution in [3.63, 3.8) is 0 Å². The fraction of sp³-hybridized carbons (Fsp3) is 0.792. The predicted molar refractivity (Wildman–Crippen MR) is 106 cm³/mol. The van der Waals surface area contributed by atoms with E-state index in [0.717, 1.165) is 44.1 Å². The molecule has 1 aliphatic heterocycles. The molecule has 5 nitrogen and oxygen atoms in total. The number of ketones is 1. The summed E-state index contributed by atoms with van der Waals surface area (Å²) in [5.41, 5.74) is 0.716. The van der Waals surface area contributed by atoms with E-state index in [-0.39, 0.29) is 46.0 Å². The Morgan fingerprint density at radius 2 is 1.83 bits per heavy atom. The Hall–Kier alpha value is -1.65. The van der Waals surface area contributed by atoms with Crippen LogP contribution in [0.3, 0.4) is 0 Å². The van der Waals surface area contributed by atoms with E-state index in [4.69, 9.17) is 9.47 Å². The fourth-order valence-electron chi connectivity index (χ4n) is 8.16. The lowest BCUT2D eigenvalue weighted by atomic mass is 9.45. The molecule has 5 rings (SSSR count). The van der Waals surface area contributed by atoms with Crippen molar-refractivity contribution in [2.45, 2.75) is 77.2 Å². The number of hydrogen-bond donors (Lipinski definition) is 0. The van der Waals surface area contributed by atoms with Gasteiger partial charge in [-0.15, -0.1) is 0 Å². The van der Waals surface area contributed by atoms with Crippen LogP contribution >= 0.6 is 0 Å². The van der Waals surface area contributed by atoms with E-state index in [9.17, 15) is 14.4 Å². The molecule has 0 radical (unpaired) electrons. The SMILES string of the molecule is COC(=O)[C@@H]1C=C2CC(=O)CCC2(C)C2CCC3(C)C(CCC34CCC(=O)O4)C21. The van der Waals surface area contributed by atoms with Gasteiger partial charge in [-0.05, 0) is 61.7 Å². The van der Waals surface area contributed by atoms with Gasteiger partial charge in [0, 0.05) is 24.7 Å². The summed E-state index contributed by atoms with van der Waals surface area (Å²) in [6.07, 6.45) is 9.38. The molecule has 4 aliphatic carbocycles. The molecule has 0 N–H and O–H groups in total. The van der Waals surface area contributed by atoms with Gasteiger partial charge in [-0.2, -0.15) is 0 Å². The van der Waals surface area contributed by atoms with Gasteiger partial charge in [0.2, 0.25) is 0 Å². The highest BCUT2D eigenvalue weighted by atomic mass is 16.6. The summed E-state index contributed by atoms with van der Waals surface area (Å²) >= 11 is 0. The third-order valence-electron chi connectivity index (χ3n) is 9.80. The molecule has 0 aromatic heterocycles. The molecule has 5 aliphatic rings. The molecular formula is C24H32O5. The van der Waals surface area contributed by atoms with Crippen LogP contribution in [0.2, 0.25) is 0 Å². The first-order chi connectivity index (χ1) is 13.7. The third kappa shape index (κ3) is 2.42. The zero-order valence-electron chi connectivity index (χ0n) is 17.8. The lowest BCUT2D eigenvalue weighted by molar-refractivity contribution is -0.173. The average molecular weight is 401 g/mol. The molecule has 1 saturated heterocycles. The number of methoxy groups -OCH3 is 1. The molecule has 29 heavy (non-hydrogen) atoms. The Balaban J connectivity index is 1.59. The second-order valence-electron chi connectivity index (χ2n) is 10.6. The van der Waals surface area contributed by atoms with Crippen molar-refractivity contribution >= 4 is 17.7 Å². The van der Waals surface area contributed by atoms with Crippen molar-refractivity contribution in [2.75, 3.05) is 7.11 Å². The molecule has 7 atom stereocenters. The summed E-state index contributed by atoms with van der Waals surface area (Å²) in [6, 6.07) is 0. The summed E-state index contributed by atoms with van der Waals surface area (Å²) in [4.78, 5) is 37.2. The third-order valence-corrected chi connectivity index (χ3v) is 9.80. The summed E-state index contributed by atoms with van der Waals surface area (Å²) in [5.74, 6) is 0.656. The minimum absolute atomic E-state index is 0.00741. The fourth-order valence-corrected chi connectivity index (χ4v) is 8.16. The van der Waals surface area contributed by atoms with Gasteiger partial charge in [0.25, 0.3) is 0 Å². The highest BCUT2D eigenvalue weighted by molar-refractivity contribution is 5.84. The van der Waals surface area contributed by atoms with Crippen LogP contribution < -0.4 is 0 Å². The molecular weight excluding hydrogens is 368 g/mol. The van der Waals surface area contributed by atoms with E-state index in [1.165, 1.54) is 7.11 Å². The van der Waals surface area contributed by atoms with Crippen molar-refractivity contribution in [2.24, 2.45) is 34.5 Å². The number of hydrogen-bond acceptors (Lipinski definition) is 5. The Bertz CT molecular complexity index is 814. The van der Waals surface area contributed by atoms with E-state index in [2.05, 4.69) is 19.9 Å². The van der Waals surface area contributed by atoms with Crippen LogP contribution in [-0.4, -0.2) is 30.4 Å². The minimum Gasteiger partial charge on any atom is -0.469 e. The van der Waals surface area contributed by atoms with Crippen molar-refractivity contribution in [1.29, 1.82) is 0 Å². The second-order valence-corrected chi connectivity index (χ2v) is 10.6. The standard InChI is InChI=1S/C24H32O5/c1-22-8-4-15(25)12-14(22)13-16(21(27)28-3)20-17(22)5-9-23(2)18(20)6-10-24(23)11-7-19(26)29-24/h13,16-18,20H,4-12H2,1-3H3/t16-,17?,18?,20?,22?,23?,24?/m1/s1. The van der Waals surface area contributed by atoms with Crippen molar-refractivity contribution < 1.29 is 23.9 Å². The lowest BCUT2D eigenvalue weighted by Crippen LogP contribution is -2.57. The number of allylic oxidation sites excluding steroid dienone is 1. The van der Waals surface area contributed by atoms with Gasteiger partial charge in [0.1, 0.15) is 11.4 Å². The number of carbonyl (C=O) groups is 3. The Labute approximate surface area is 172 Å². The van der Waals surface area contributed by atoms with Gasteiger partial charge in [-0.1, -0.05) is 25.5 Å². The largest absolute Gasteiger partial charge is 0.469 e. The number of carbonyl (C=O) groups excluding carboxylic acids is 3. The van der Waals surface area contributed by atoms with E-state index < -0.39 is 0 Å². The van der Waals surface area contributed by atoms with Gasteiger partial charge >= 0.3 is 11.9 Å². The van der Waals surface area contributed by atoms with Crippen molar-refractivity contribution in [3.05, 3.63) is 11.6 Å². The number of Topliss-reactive ketones (excluding diaryl/α,β-unsaturated/α-hetero) is 1. The summed E-state index contributed by atoms with van der Waals surface area (Å²) < 4.78 is 11.3. The number of ether oxygens (including phenoxy) is 2. The number of esters is 2. The van der Waals surface area contributed by atoms with Crippen LogP contribution in [0, 0.1) is 34.5 Å². The van der Waals surface area contributed by atoms with E-state index in [1.54, 1.807) is 0 Å². The van der Waals surface area contributed by atoms with Crippen molar-refractivity contribution in [3.8, 4) is 0 Å². The Morgan fingerprint density at radius 3 is 2.52 bits per heavy atom. The first-order valence-corrected chi connectivity index (χ1v) is 11.3. The van der Waals surface area contributed by atoms with Gasteiger partial charge in [0.05, 0.1) is 13.0 Å². The van der Waals surface area contributed by atoms with E-state index in [0.29, 0.717) is 31.1 Å². The Morgan fingerprint density at radius 1 is 1.07 bits per heavy atom. The summed E-state index contributed by atoms with van der Waals surface area (Å²) in [6.45, 7) is 4.62. The maximum absolute atomic E-state index is 12.9. The molecule has 0 aromatic carbocycles. The minimum atomic E-state index is -0.353. The van der Waals surface area contributed by atoms with Crippen LogP contribution in [0.1, 0.15) is 71.6 Å². The van der Waals surface area contributed by atoms with Gasteiger partial charge < -0.3 is 9.47 Å². The maximum atomic E-state index is 12.9. The highest BCUT2D eigenvalue weighted by Gasteiger charge is 2.68. The predicted octanol–water partition coefficient (Wildman–Crippen LogP) is 3.99. The van der Waals surface area contributed by atoms with Crippen LogP contribution in [-0.2, 0) is 23.9 Å². The molecule has 1 spiro atoms. The molecule has 0 amide bonds. The topological polar surface area (TPSA) is 69.7 Å².